The number of nitrogens with one attached hydrogen (secondary N) is 1. The van der Waals surface area contributed by atoms with Crippen LogP contribution >= 0.6 is 12.8 Å². The first-order valence-corrected chi connectivity index (χ1v) is 3.39. The molecule has 0 fully saturated rings. The third-order valence-electron chi connectivity index (χ3n) is 1.30. The van der Waals surface area contributed by atoms with E-state index in [0.29, 0.717) is 0 Å². The molecule has 4 heteroatoms. The lowest BCUT2D eigenvalue weighted by Crippen LogP contribution is -2.24. The van der Waals surface area contributed by atoms with E-state index in [2.05, 4.69) is 22.5 Å². The van der Waals surface area contributed by atoms with Crippen LogP contribution in [-0.4, -0.2) is 11.4 Å². The van der Waals surface area contributed by atoms with Crippen molar-refractivity contribution in [3.05, 3.63) is 0 Å². The second-order valence-electron chi connectivity index (χ2n) is 1.99. The van der Waals surface area contributed by atoms with E-state index in [0.717, 1.165) is 6.42 Å². The molecule has 3 nitrogen and oxygen atoms in total. The molecule has 56 valence electrons. The molecule has 0 heterocycles. The van der Waals surface area contributed by atoms with Crippen molar-refractivity contribution in [1.82, 2.24) is 4.89 Å². The van der Waals surface area contributed by atoms with E-state index in [-0.39, 0.29) is 5.92 Å². The van der Waals surface area contributed by atoms with E-state index in [1.54, 1.807) is 0 Å². The van der Waals surface area contributed by atoms with E-state index < -0.39 is 6.29 Å². The molecule has 2 atom stereocenters. The van der Waals surface area contributed by atoms with Gasteiger partial charge in [0.2, 0.25) is 0 Å². The maximum atomic E-state index is 8.98. The first-order chi connectivity index (χ1) is 4.22. The van der Waals surface area contributed by atoms with Crippen LogP contribution in [0, 0.1) is 5.92 Å². The average molecular weight is 151 g/mol. The van der Waals surface area contributed by atoms with Gasteiger partial charge >= 0.3 is 0 Å². The minimum Gasteiger partial charge on any atom is -0.366 e. The van der Waals surface area contributed by atoms with Gasteiger partial charge in [0.15, 0.2) is 6.29 Å². The molecule has 0 aliphatic rings. The summed E-state index contributed by atoms with van der Waals surface area (Å²) in [7, 11) is 0. The maximum Gasteiger partial charge on any atom is 0.178 e. The van der Waals surface area contributed by atoms with Crippen LogP contribution in [0.25, 0.3) is 0 Å². The highest BCUT2D eigenvalue weighted by atomic mass is 32.1. The lowest BCUT2D eigenvalue weighted by molar-refractivity contribution is -0.148. The summed E-state index contributed by atoms with van der Waals surface area (Å²) in [6.45, 7) is 3.88. The van der Waals surface area contributed by atoms with Crippen LogP contribution in [0.5, 0.6) is 0 Å². The number of aliphatic hydroxyl groups is 1. The van der Waals surface area contributed by atoms with Gasteiger partial charge in [0.05, 0.1) is 0 Å². The summed E-state index contributed by atoms with van der Waals surface area (Å²) >= 11 is 3.56. The summed E-state index contributed by atoms with van der Waals surface area (Å²) in [4.78, 5) is 6.69. The summed E-state index contributed by atoms with van der Waals surface area (Å²) in [6, 6.07) is 0. The Kier molecular flexibility index (Phi) is 5.18. The maximum absolute atomic E-state index is 8.98. The Hall–Kier alpha value is 0.230. The first-order valence-electron chi connectivity index (χ1n) is 2.95. The normalized spacial score (nSPS) is 17.3. The van der Waals surface area contributed by atoms with Gasteiger partial charge < -0.3 is 5.11 Å². The Morgan fingerprint density at radius 1 is 1.78 bits per heavy atom. The van der Waals surface area contributed by atoms with Crippen molar-refractivity contribution in [3.63, 3.8) is 0 Å². The highest BCUT2D eigenvalue weighted by Gasteiger charge is 2.11. The van der Waals surface area contributed by atoms with Crippen molar-refractivity contribution in [2.24, 2.45) is 5.92 Å². The van der Waals surface area contributed by atoms with Gasteiger partial charge in [-0.15, -0.1) is 4.89 Å². The molecule has 0 rings (SSSR count). The van der Waals surface area contributed by atoms with Crippen molar-refractivity contribution in [2.45, 2.75) is 26.6 Å². The second kappa shape index (κ2) is 5.05. The van der Waals surface area contributed by atoms with Crippen LogP contribution in [0.2, 0.25) is 0 Å². The summed E-state index contributed by atoms with van der Waals surface area (Å²) in [5, 5.41) is 8.98. The average Bonchev–Trinajstić information content (AvgIpc) is 1.87. The lowest BCUT2D eigenvalue weighted by Gasteiger charge is -2.14. The molecular weight excluding hydrogens is 138 g/mol. The van der Waals surface area contributed by atoms with Gasteiger partial charge in [0, 0.05) is 5.92 Å². The molecule has 0 bridgehead atoms. The van der Waals surface area contributed by atoms with Crippen molar-refractivity contribution >= 4 is 12.8 Å². The fourth-order valence-electron chi connectivity index (χ4n) is 0.372. The number of aliphatic hydroxyl groups excluding tert-OH is 1. The Balaban J connectivity index is 3.32. The third-order valence-corrected chi connectivity index (χ3v) is 1.41. The van der Waals surface area contributed by atoms with Crippen molar-refractivity contribution in [3.8, 4) is 0 Å². The van der Waals surface area contributed by atoms with E-state index in [4.69, 9.17) is 5.11 Å². The van der Waals surface area contributed by atoms with Gasteiger partial charge in [-0.25, -0.2) is 0 Å². The highest BCUT2D eigenvalue weighted by Crippen LogP contribution is 2.06. The predicted molar refractivity (Wildman–Crippen MR) is 38.7 cm³/mol. The van der Waals surface area contributed by atoms with Crippen LogP contribution in [0.3, 0.4) is 0 Å². The minimum atomic E-state index is -0.757. The van der Waals surface area contributed by atoms with Crippen molar-refractivity contribution < 1.29 is 9.94 Å². The van der Waals surface area contributed by atoms with Crippen LogP contribution in [0.4, 0.5) is 0 Å². The van der Waals surface area contributed by atoms with E-state index in [9.17, 15) is 0 Å². The molecule has 0 saturated carbocycles. The summed E-state index contributed by atoms with van der Waals surface area (Å²) in [5.41, 5.74) is 0. The Morgan fingerprint density at radius 3 is 2.67 bits per heavy atom. The minimum absolute atomic E-state index is 0.143. The molecule has 9 heavy (non-hydrogen) atoms. The third kappa shape index (κ3) is 3.75. The highest BCUT2D eigenvalue weighted by molar-refractivity contribution is 7.77. The fraction of sp³-hybridized carbons (Fsp3) is 1.00. The quantitative estimate of drug-likeness (QED) is 0.315. The molecular formula is C5H13NO2S. The molecule has 0 radical (unpaired) electrons. The Morgan fingerprint density at radius 2 is 2.33 bits per heavy atom. The number of thiol groups is 1. The molecule has 0 aromatic carbocycles. The second-order valence-corrected chi connectivity index (χ2v) is 2.17. The van der Waals surface area contributed by atoms with Gasteiger partial charge in [-0.2, -0.15) is 0 Å². The Bertz CT molecular complexity index is 72.0. The summed E-state index contributed by atoms with van der Waals surface area (Å²) < 4.78 is 0. The van der Waals surface area contributed by atoms with Crippen LogP contribution in [0.1, 0.15) is 20.3 Å². The largest absolute Gasteiger partial charge is 0.366 e. The van der Waals surface area contributed by atoms with Crippen molar-refractivity contribution in [2.75, 3.05) is 0 Å². The first kappa shape index (κ1) is 9.23. The van der Waals surface area contributed by atoms with Crippen LogP contribution < -0.4 is 4.89 Å². The Labute approximate surface area is 60.9 Å². The topological polar surface area (TPSA) is 41.5 Å². The fourth-order valence-corrected chi connectivity index (χ4v) is 0.480. The monoisotopic (exact) mass is 151 g/mol. The standard InChI is InChI=1S/C5H13NO2S/c1-3-4(2)5(7)8-6-9/h4-7,9H,3H2,1-2H3. The molecule has 0 aromatic heterocycles. The van der Waals surface area contributed by atoms with Crippen LogP contribution in [-0.2, 0) is 4.84 Å². The summed E-state index contributed by atoms with van der Waals surface area (Å²) in [6.07, 6.45) is 0.129. The van der Waals surface area contributed by atoms with Gasteiger partial charge in [0.25, 0.3) is 0 Å². The molecule has 0 saturated heterocycles. The number of hydrogen-bond donors (Lipinski definition) is 3. The molecule has 2 N–H and O–H groups in total. The van der Waals surface area contributed by atoms with Gasteiger partial charge in [-0.1, -0.05) is 26.7 Å². The zero-order chi connectivity index (χ0) is 7.28. The number of rotatable bonds is 4. The van der Waals surface area contributed by atoms with Gasteiger partial charge in [-0.05, 0) is 6.42 Å². The zero-order valence-electron chi connectivity index (χ0n) is 5.66. The molecule has 0 aliphatic carbocycles. The molecule has 0 aliphatic heterocycles. The summed E-state index contributed by atoms with van der Waals surface area (Å²) in [5.74, 6) is 0.143. The van der Waals surface area contributed by atoms with Crippen LogP contribution in [0.15, 0.2) is 0 Å². The van der Waals surface area contributed by atoms with E-state index in [1.807, 2.05) is 13.8 Å². The number of hydrogen-bond acceptors (Lipinski definition) is 4. The SMILES string of the molecule is CCC(C)C(O)ONS. The van der Waals surface area contributed by atoms with E-state index in [1.165, 1.54) is 0 Å². The molecule has 0 aromatic rings. The van der Waals surface area contributed by atoms with Crippen molar-refractivity contribution in [1.29, 1.82) is 0 Å². The van der Waals surface area contributed by atoms with Gasteiger partial charge in [-0.3, -0.25) is 4.84 Å². The van der Waals surface area contributed by atoms with Gasteiger partial charge in [0.1, 0.15) is 0 Å². The zero-order valence-corrected chi connectivity index (χ0v) is 6.56. The smallest absolute Gasteiger partial charge is 0.178 e. The molecule has 0 amide bonds. The van der Waals surface area contributed by atoms with E-state index >= 15 is 0 Å². The lowest BCUT2D eigenvalue weighted by atomic mass is 10.1. The predicted octanol–water partition coefficient (Wildman–Crippen LogP) is 0.717. The molecule has 2 unspecified atom stereocenters. The molecule has 0 spiro atoms.